The van der Waals surface area contributed by atoms with Crippen LogP contribution in [0.5, 0.6) is 11.6 Å². The van der Waals surface area contributed by atoms with Crippen molar-refractivity contribution in [1.29, 1.82) is 0 Å². The molecule has 1 unspecified atom stereocenters. The number of H-pyrrole nitrogens is 1. The molecule has 1 saturated heterocycles. The zero-order valence-electron chi connectivity index (χ0n) is 34.7. The molecule has 1 aliphatic rings. The van der Waals surface area contributed by atoms with Gasteiger partial charge in [0.1, 0.15) is 42.6 Å². The van der Waals surface area contributed by atoms with Crippen LogP contribution in [-0.4, -0.2) is 47.5 Å². The summed E-state index contributed by atoms with van der Waals surface area (Å²) in [4.78, 5) is 0. The van der Waals surface area contributed by atoms with Crippen molar-refractivity contribution in [2.24, 2.45) is 0 Å². The Bertz CT molecular complexity index is 2390. The van der Waals surface area contributed by atoms with Crippen molar-refractivity contribution in [2.75, 3.05) is 6.61 Å². The van der Waals surface area contributed by atoms with Crippen LogP contribution in [0.15, 0.2) is 170 Å². The predicted molar refractivity (Wildman–Crippen MR) is 234 cm³/mol. The summed E-state index contributed by atoms with van der Waals surface area (Å²) < 4.78 is 62.2. The maximum atomic E-state index is 15.8. The number of aromatic nitrogens is 2. The van der Waals surface area contributed by atoms with E-state index in [1.807, 2.05) is 159 Å². The Hall–Kier alpha value is -6.14. The van der Waals surface area contributed by atoms with Gasteiger partial charge in [0.25, 0.3) is 0 Å². The Morgan fingerprint density at radius 1 is 0.565 bits per heavy atom. The Kier molecular flexibility index (Phi) is 14.8. The molecule has 0 aliphatic carbocycles. The highest BCUT2D eigenvalue weighted by Crippen LogP contribution is 2.34. The van der Waals surface area contributed by atoms with Crippen LogP contribution in [0.3, 0.4) is 0 Å². The zero-order valence-corrected chi connectivity index (χ0v) is 34.7. The lowest BCUT2D eigenvalue weighted by atomic mass is 9.97. The summed E-state index contributed by atoms with van der Waals surface area (Å²) in [5.41, 5.74) is 6.83. The first-order valence-corrected chi connectivity index (χ1v) is 20.9. The summed E-state index contributed by atoms with van der Waals surface area (Å²) in [6.45, 7) is 3.58. The fourth-order valence-corrected chi connectivity index (χ4v) is 7.38. The molecule has 5 atom stereocenters. The molecule has 6 aromatic carbocycles. The summed E-state index contributed by atoms with van der Waals surface area (Å²) in [6, 6.07) is 54.6. The molecule has 8 rings (SSSR count). The molecule has 1 aromatic heterocycles. The maximum Gasteiger partial charge on any atom is 0.238 e. The van der Waals surface area contributed by atoms with E-state index < -0.39 is 36.5 Å². The summed E-state index contributed by atoms with van der Waals surface area (Å²) in [5.74, 6) is 0.304. The van der Waals surface area contributed by atoms with E-state index >= 15 is 4.39 Å². The van der Waals surface area contributed by atoms with Gasteiger partial charge in [-0.25, -0.2) is 4.39 Å². The minimum absolute atomic E-state index is 0.168. The summed E-state index contributed by atoms with van der Waals surface area (Å²) in [6.07, 6.45) is -3.66. The SMILES string of the molecule is Cc1[nH]nc(O[C@@H]2OC(COCc3ccccc3)[C@@H](OCc3ccccc3)[C@H](OCc3ccccc3)[C@H]2OCc2ccccc2)c1Cc1ccc(OCc2ccccc2)cc1F. The second kappa shape index (κ2) is 21.6. The number of nitrogens with zero attached hydrogens (tertiary/aromatic N) is 1. The number of ether oxygens (including phenoxy) is 7. The molecule has 0 radical (unpaired) electrons. The molecular formula is C52H51FN2O7. The van der Waals surface area contributed by atoms with Gasteiger partial charge < -0.3 is 33.2 Å². The van der Waals surface area contributed by atoms with Gasteiger partial charge >= 0.3 is 0 Å². The normalized spacial score (nSPS) is 18.6. The Labute approximate surface area is 362 Å². The number of halogens is 1. The van der Waals surface area contributed by atoms with E-state index in [1.54, 1.807) is 12.1 Å². The molecular weight excluding hydrogens is 784 g/mol. The van der Waals surface area contributed by atoms with Gasteiger partial charge in [-0.1, -0.05) is 158 Å². The van der Waals surface area contributed by atoms with Crippen LogP contribution in [0.25, 0.3) is 0 Å². The molecule has 0 saturated carbocycles. The third kappa shape index (κ3) is 11.6. The van der Waals surface area contributed by atoms with E-state index in [4.69, 9.17) is 33.2 Å². The first kappa shape index (κ1) is 42.5. The van der Waals surface area contributed by atoms with Crippen LogP contribution in [0, 0.1) is 12.7 Å². The highest BCUT2D eigenvalue weighted by atomic mass is 19.1. The Balaban J connectivity index is 1.09. The number of hydrogen-bond donors (Lipinski definition) is 1. The highest BCUT2D eigenvalue weighted by molar-refractivity contribution is 5.38. The van der Waals surface area contributed by atoms with E-state index in [9.17, 15) is 0 Å². The fourth-order valence-electron chi connectivity index (χ4n) is 7.38. The van der Waals surface area contributed by atoms with Crippen LogP contribution >= 0.6 is 0 Å². The fraction of sp³-hybridized carbons (Fsp3) is 0.250. The Morgan fingerprint density at radius 2 is 1.05 bits per heavy atom. The van der Waals surface area contributed by atoms with Crippen LogP contribution < -0.4 is 9.47 Å². The molecule has 2 heterocycles. The molecule has 0 bridgehead atoms. The lowest BCUT2D eigenvalue weighted by molar-refractivity contribution is -0.310. The molecule has 1 N–H and O–H groups in total. The van der Waals surface area contributed by atoms with Gasteiger partial charge in [-0.3, -0.25) is 5.10 Å². The zero-order chi connectivity index (χ0) is 42.4. The molecule has 0 spiro atoms. The van der Waals surface area contributed by atoms with Gasteiger partial charge in [-0.15, -0.1) is 5.10 Å². The lowest BCUT2D eigenvalue weighted by Gasteiger charge is -2.45. The van der Waals surface area contributed by atoms with Crippen LogP contribution in [0.4, 0.5) is 4.39 Å². The maximum absolute atomic E-state index is 15.8. The number of benzene rings is 6. The van der Waals surface area contributed by atoms with Gasteiger partial charge in [-0.05, 0) is 46.4 Å². The number of nitrogens with one attached hydrogen (secondary N) is 1. The quantitative estimate of drug-likeness (QED) is 0.0812. The Morgan fingerprint density at radius 3 is 1.58 bits per heavy atom. The minimum Gasteiger partial charge on any atom is -0.489 e. The first-order chi connectivity index (χ1) is 30.6. The van der Waals surface area contributed by atoms with Gasteiger partial charge in [-0.2, -0.15) is 0 Å². The summed E-state index contributed by atoms with van der Waals surface area (Å²) in [5, 5.41) is 7.63. The highest BCUT2D eigenvalue weighted by Gasteiger charge is 2.50. The van der Waals surface area contributed by atoms with Crippen molar-refractivity contribution in [3.8, 4) is 11.6 Å². The number of aryl methyl sites for hydroxylation is 1. The van der Waals surface area contributed by atoms with Gasteiger partial charge in [0, 0.05) is 23.7 Å². The van der Waals surface area contributed by atoms with Crippen molar-refractivity contribution in [3.05, 3.63) is 220 Å². The monoisotopic (exact) mass is 834 g/mol. The molecule has 7 aromatic rings. The molecule has 9 nitrogen and oxygen atoms in total. The number of rotatable bonds is 20. The molecule has 1 fully saturated rings. The van der Waals surface area contributed by atoms with Gasteiger partial charge in [0.2, 0.25) is 12.2 Å². The average molecular weight is 835 g/mol. The van der Waals surface area contributed by atoms with E-state index in [1.165, 1.54) is 6.07 Å². The topological polar surface area (TPSA) is 93.3 Å². The predicted octanol–water partition coefficient (Wildman–Crippen LogP) is 10.1. The first-order valence-electron chi connectivity index (χ1n) is 20.9. The van der Waals surface area contributed by atoms with Gasteiger partial charge in [0.15, 0.2) is 0 Å². The van der Waals surface area contributed by atoms with Gasteiger partial charge in [0.05, 0.1) is 33.0 Å². The van der Waals surface area contributed by atoms with E-state index in [-0.39, 0.29) is 32.1 Å². The third-order valence-corrected chi connectivity index (χ3v) is 10.7. The molecule has 10 heteroatoms. The third-order valence-electron chi connectivity index (χ3n) is 10.7. The standard InChI is InChI=1S/C52H51FN2O7/c1-37-45(29-43-27-28-44(30-46(43)53)57-32-39-19-9-3-10-20-39)51(55-54-37)62-52-50(60-35-42-25-15-6-16-26-42)49(59-34-41-23-13-5-14-24-41)48(58-33-40-21-11-4-12-22-40)47(61-52)36-56-31-38-17-7-2-8-18-38/h2-28,30,47-50,52H,29,31-36H2,1H3,(H,54,55)/t47?,48-,49+,50-,52+/m1/s1. The van der Waals surface area contributed by atoms with Crippen LogP contribution in [0.1, 0.15) is 44.6 Å². The summed E-state index contributed by atoms with van der Waals surface area (Å²) in [7, 11) is 0. The lowest BCUT2D eigenvalue weighted by Crippen LogP contribution is -2.62. The largest absolute Gasteiger partial charge is 0.489 e. The van der Waals surface area contributed by atoms with Crippen molar-refractivity contribution in [1.82, 2.24) is 10.2 Å². The van der Waals surface area contributed by atoms with E-state index in [2.05, 4.69) is 10.2 Å². The second-order valence-electron chi connectivity index (χ2n) is 15.3. The molecule has 0 amide bonds. The van der Waals surface area contributed by atoms with Crippen molar-refractivity contribution < 1.29 is 37.5 Å². The minimum atomic E-state index is -1.04. The van der Waals surface area contributed by atoms with E-state index in [0.29, 0.717) is 36.7 Å². The average Bonchev–Trinajstić information content (AvgIpc) is 3.66. The van der Waals surface area contributed by atoms with Crippen LogP contribution in [-0.2, 0) is 63.1 Å². The summed E-state index contributed by atoms with van der Waals surface area (Å²) >= 11 is 0. The van der Waals surface area contributed by atoms with Crippen LogP contribution in [0.2, 0.25) is 0 Å². The van der Waals surface area contributed by atoms with E-state index in [0.717, 1.165) is 33.5 Å². The number of hydrogen-bond acceptors (Lipinski definition) is 8. The van der Waals surface area contributed by atoms with Crippen molar-refractivity contribution in [3.63, 3.8) is 0 Å². The molecule has 1 aliphatic heterocycles. The molecule has 318 valence electrons. The van der Waals surface area contributed by atoms with Crippen molar-refractivity contribution in [2.45, 2.75) is 77.1 Å². The number of aromatic amines is 1. The second-order valence-corrected chi connectivity index (χ2v) is 15.3. The smallest absolute Gasteiger partial charge is 0.238 e. The van der Waals surface area contributed by atoms with Crippen molar-refractivity contribution >= 4 is 0 Å². The molecule has 62 heavy (non-hydrogen) atoms.